The van der Waals surface area contributed by atoms with E-state index in [0.717, 1.165) is 18.6 Å². The first-order valence-electron chi connectivity index (χ1n) is 7.38. The maximum atomic E-state index is 4.29. The van der Waals surface area contributed by atoms with Crippen LogP contribution in [0.2, 0.25) is 0 Å². The van der Waals surface area contributed by atoms with Crippen LogP contribution < -0.4 is 5.32 Å². The molecule has 0 amide bonds. The fraction of sp³-hybridized carbons (Fsp3) is 0.786. The number of likely N-dealkylation sites (tertiary alicyclic amines) is 1. The average molecular weight is 246 g/mol. The Balaban J connectivity index is 1.31. The molecule has 2 heterocycles. The Labute approximate surface area is 108 Å². The molecule has 1 aromatic rings. The van der Waals surface area contributed by atoms with Gasteiger partial charge in [0, 0.05) is 44.0 Å². The van der Waals surface area contributed by atoms with Crippen molar-refractivity contribution in [1.29, 1.82) is 0 Å². The van der Waals surface area contributed by atoms with Gasteiger partial charge in [-0.1, -0.05) is 0 Å². The molecule has 1 N–H and O–H groups in total. The molecule has 0 spiro atoms. The van der Waals surface area contributed by atoms with E-state index in [0.29, 0.717) is 6.04 Å². The Morgan fingerprint density at radius 3 is 2.78 bits per heavy atom. The van der Waals surface area contributed by atoms with E-state index in [4.69, 9.17) is 0 Å². The monoisotopic (exact) mass is 246 g/mol. The molecule has 4 nitrogen and oxygen atoms in total. The second-order valence-corrected chi connectivity index (χ2v) is 6.12. The van der Waals surface area contributed by atoms with Crippen LogP contribution >= 0.6 is 0 Å². The third-order valence-electron chi connectivity index (χ3n) is 4.54. The minimum Gasteiger partial charge on any atom is -0.330 e. The van der Waals surface area contributed by atoms with Crippen molar-refractivity contribution in [3.63, 3.8) is 0 Å². The molecule has 0 bridgehead atoms. The molecular formula is C14H22N4. The van der Waals surface area contributed by atoms with Gasteiger partial charge in [0.2, 0.25) is 0 Å². The standard InChI is InChI=1S/C14H22N4/c1-2-12(1)17-6-5-11(9-17)16-8-14-7-15-10-18(14)13-3-4-13/h7,10-13,16H,1-6,8-9H2. The second kappa shape index (κ2) is 4.35. The van der Waals surface area contributed by atoms with Crippen molar-refractivity contribution in [2.24, 2.45) is 0 Å². The van der Waals surface area contributed by atoms with E-state index in [1.165, 1.54) is 50.9 Å². The lowest BCUT2D eigenvalue weighted by molar-refractivity contribution is 0.317. The van der Waals surface area contributed by atoms with Crippen molar-refractivity contribution < 1.29 is 0 Å². The maximum Gasteiger partial charge on any atom is 0.0951 e. The van der Waals surface area contributed by atoms with Gasteiger partial charge >= 0.3 is 0 Å². The summed E-state index contributed by atoms with van der Waals surface area (Å²) in [6.07, 6.45) is 10.9. The summed E-state index contributed by atoms with van der Waals surface area (Å²) in [6, 6.07) is 2.36. The highest BCUT2D eigenvalue weighted by molar-refractivity contribution is 5.04. The first-order valence-corrected chi connectivity index (χ1v) is 7.38. The zero-order valence-corrected chi connectivity index (χ0v) is 10.9. The van der Waals surface area contributed by atoms with E-state index in [9.17, 15) is 0 Å². The molecule has 1 aliphatic heterocycles. The van der Waals surface area contributed by atoms with Crippen LogP contribution in [-0.2, 0) is 6.54 Å². The lowest BCUT2D eigenvalue weighted by atomic mass is 10.2. The summed E-state index contributed by atoms with van der Waals surface area (Å²) in [7, 11) is 0. The van der Waals surface area contributed by atoms with E-state index >= 15 is 0 Å². The molecule has 1 saturated heterocycles. The zero-order valence-electron chi connectivity index (χ0n) is 10.9. The van der Waals surface area contributed by atoms with Crippen LogP contribution in [0.4, 0.5) is 0 Å². The first kappa shape index (κ1) is 11.0. The highest BCUT2D eigenvalue weighted by Gasteiger charge is 2.34. The van der Waals surface area contributed by atoms with Crippen LogP contribution in [0.15, 0.2) is 12.5 Å². The Morgan fingerprint density at radius 2 is 2.00 bits per heavy atom. The molecule has 1 unspecified atom stereocenters. The lowest BCUT2D eigenvalue weighted by Gasteiger charge is -2.16. The fourth-order valence-corrected chi connectivity index (χ4v) is 3.12. The molecule has 4 rings (SSSR count). The molecule has 0 aromatic carbocycles. The van der Waals surface area contributed by atoms with E-state index in [-0.39, 0.29) is 0 Å². The Morgan fingerprint density at radius 1 is 1.17 bits per heavy atom. The molecule has 1 aromatic heterocycles. The van der Waals surface area contributed by atoms with E-state index in [1.54, 1.807) is 0 Å². The van der Waals surface area contributed by atoms with Gasteiger partial charge in [-0.3, -0.25) is 4.90 Å². The highest BCUT2D eigenvalue weighted by Crippen LogP contribution is 2.35. The topological polar surface area (TPSA) is 33.1 Å². The molecule has 3 aliphatic rings. The predicted molar refractivity (Wildman–Crippen MR) is 70.3 cm³/mol. The Kier molecular flexibility index (Phi) is 2.66. The molecule has 1 atom stereocenters. The summed E-state index contributed by atoms with van der Waals surface area (Å²) in [4.78, 5) is 6.96. The number of imidazole rings is 1. The maximum absolute atomic E-state index is 4.29. The number of aromatic nitrogens is 2. The van der Waals surface area contributed by atoms with E-state index < -0.39 is 0 Å². The number of nitrogens with one attached hydrogen (secondary N) is 1. The van der Waals surface area contributed by atoms with Crippen molar-refractivity contribution in [2.45, 2.75) is 56.8 Å². The summed E-state index contributed by atoms with van der Waals surface area (Å²) >= 11 is 0. The van der Waals surface area contributed by atoms with Gasteiger partial charge in [-0.2, -0.15) is 0 Å². The van der Waals surface area contributed by atoms with Gasteiger partial charge in [-0.15, -0.1) is 0 Å². The minimum atomic E-state index is 0.688. The predicted octanol–water partition coefficient (Wildman–Crippen LogP) is 1.54. The number of hydrogen-bond acceptors (Lipinski definition) is 3. The molecule has 4 heteroatoms. The van der Waals surface area contributed by atoms with E-state index in [1.807, 2.05) is 12.5 Å². The van der Waals surface area contributed by atoms with Crippen LogP contribution in [-0.4, -0.2) is 39.6 Å². The van der Waals surface area contributed by atoms with Crippen molar-refractivity contribution >= 4 is 0 Å². The Bertz CT molecular complexity index is 419. The molecular weight excluding hydrogens is 224 g/mol. The number of nitrogens with zero attached hydrogens (tertiary/aromatic N) is 3. The van der Waals surface area contributed by atoms with E-state index in [2.05, 4.69) is 19.8 Å². The van der Waals surface area contributed by atoms with Gasteiger partial charge in [0.15, 0.2) is 0 Å². The summed E-state index contributed by atoms with van der Waals surface area (Å²) in [5.41, 5.74) is 1.36. The van der Waals surface area contributed by atoms with Gasteiger partial charge in [-0.25, -0.2) is 4.98 Å². The van der Waals surface area contributed by atoms with Crippen LogP contribution in [0.25, 0.3) is 0 Å². The summed E-state index contributed by atoms with van der Waals surface area (Å²) in [6.45, 7) is 3.53. The zero-order chi connectivity index (χ0) is 11.9. The largest absolute Gasteiger partial charge is 0.330 e. The highest BCUT2D eigenvalue weighted by atomic mass is 15.2. The van der Waals surface area contributed by atoms with Crippen molar-refractivity contribution in [3.8, 4) is 0 Å². The van der Waals surface area contributed by atoms with Gasteiger partial charge in [0.25, 0.3) is 0 Å². The minimum absolute atomic E-state index is 0.688. The smallest absolute Gasteiger partial charge is 0.0951 e. The van der Waals surface area contributed by atoms with Crippen LogP contribution in [0.3, 0.4) is 0 Å². The summed E-state index contributed by atoms with van der Waals surface area (Å²) < 4.78 is 2.36. The fourth-order valence-electron chi connectivity index (χ4n) is 3.12. The van der Waals surface area contributed by atoms with Crippen LogP contribution in [0.5, 0.6) is 0 Å². The van der Waals surface area contributed by atoms with Crippen molar-refractivity contribution in [3.05, 3.63) is 18.2 Å². The summed E-state index contributed by atoms with van der Waals surface area (Å²) in [5.74, 6) is 0. The summed E-state index contributed by atoms with van der Waals surface area (Å²) in [5, 5.41) is 3.72. The lowest BCUT2D eigenvalue weighted by Crippen LogP contribution is -2.33. The first-order chi connectivity index (χ1) is 8.90. The third kappa shape index (κ3) is 2.19. The van der Waals surface area contributed by atoms with Gasteiger partial charge in [-0.05, 0) is 32.1 Å². The average Bonchev–Trinajstić information content (AvgIpc) is 3.31. The van der Waals surface area contributed by atoms with Crippen LogP contribution in [0, 0.1) is 0 Å². The number of rotatable bonds is 5. The molecule has 0 radical (unpaired) electrons. The van der Waals surface area contributed by atoms with Gasteiger partial charge < -0.3 is 9.88 Å². The molecule has 98 valence electrons. The molecule has 18 heavy (non-hydrogen) atoms. The number of hydrogen-bond donors (Lipinski definition) is 1. The SMILES string of the molecule is c1ncn(C2CC2)c1CNC1CCN(C2CC2)C1. The Hall–Kier alpha value is -0.870. The third-order valence-corrected chi connectivity index (χ3v) is 4.54. The normalized spacial score (nSPS) is 29.0. The van der Waals surface area contributed by atoms with Gasteiger partial charge in [0.1, 0.15) is 0 Å². The molecule has 2 aliphatic carbocycles. The quantitative estimate of drug-likeness (QED) is 0.855. The molecule has 2 saturated carbocycles. The van der Waals surface area contributed by atoms with Crippen molar-refractivity contribution in [1.82, 2.24) is 19.8 Å². The van der Waals surface area contributed by atoms with Crippen molar-refractivity contribution in [2.75, 3.05) is 13.1 Å². The van der Waals surface area contributed by atoms with Crippen LogP contribution in [0.1, 0.15) is 43.8 Å². The second-order valence-electron chi connectivity index (χ2n) is 6.12. The van der Waals surface area contributed by atoms with Gasteiger partial charge in [0.05, 0.1) is 12.0 Å². The molecule has 3 fully saturated rings.